The summed E-state index contributed by atoms with van der Waals surface area (Å²) in [6, 6.07) is 1.99. The van der Waals surface area contributed by atoms with E-state index in [1.807, 2.05) is 12.3 Å². The number of halogens is 1. The van der Waals surface area contributed by atoms with Crippen LogP contribution in [0, 0.1) is 6.92 Å². The van der Waals surface area contributed by atoms with Crippen molar-refractivity contribution in [3.05, 3.63) is 22.3 Å². The smallest absolute Gasteiger partial charge is 0.140 e. The van der Waals surface area contributed by atoms with Gasteiger partial charge in [0.2, 0.25) is 0 Å². The van der Waals surface area contributed by atoms with Crippen molar-refractivity contribution in [2.45, 2.75) is 39.7 Å². The molecule has 0 aliphatic carbocycles. The van der Waals surface area contributed by atoms with E-state index < -0.39 is 0 Å². The Bertz CT molecular complexity index is 321. The predicted molar refractivity (Wildman–Crippen MR) is 64.7 cm³/mol. The second-order valence-electron chi connectivity index (χ2n) is 4.15. The van der Waals surface area contributed by atoms with E-state index in [2.05, 4.69) is 53.9 Å². The third kappa shape index (κ3) is 2.71. The summed E-state index contributed by atoms with van der Waals surface area (Å²) in [6.45, 7) is 8.57. The van der Waals surface area contributed by atoms with E-state index in [9.17, 15) is 0 Å². The van der Waals surface area contributed by atoms with Crippen LogP contribution in [0.1, 0.15) is 32.8 Å². The van der Waals surface area contributed by atoms with Crippen LogP contribution >= 0.6 is 15.9 Å². The van der Waals surface area contributed by atoms with Crippen LogP contribution in [-0.4, -0.2) is 10.5 Å². The molecule has 1 heterocycles. The minimum Gasteiger partial charge on any atom is -0.364 e. The van der Waals surface area contributed by atoms with Crippen molar-refractivity contribution >= 4 is 21.7 Å². The Morgan fingerprint density at radius 1 is 1.50 bits per heavy atom. The molecule has 1 rings (SSSR count). The average Bonchev–Trinajstić information content (AvgIpc) is 2.13. The molecule has 1 aromatic heterocycles. The van der Waals surface area contributed by atoms with Crippen LogP contribution < -0.4 is 5.32 Å². The number of hydrogen-bond acceptors (Lipinski definition) is 2. The Hall–Kier alpha value is -0.570. The highest BCUT2D eigenvalue weighted by atomic mass is 79.9. The van der Waals surface area contributed by atoms with Crippen LogP contribution in [0.4, 0.5) is 5.82 Å². The molecule has 0 fully saturated rings. The number of rotatable bonds is 3. The van der Waals surface area contributed by atoms with Crippen molar-refractivity contribution in [1.82, 2.24) is 4.98 Å². The number of nitrogens with zero attached hydrogens (tertiary/aromatic N) is 1. The molecule has 0 saturated heterocycles. The molecule has 0 amide bonds. The SMILES string of the molecule is CCC(C)(C)Nc1nccc(C)c1Br. The number of aromatic nitrogens is 1. The molecule has 0 spiro atoms. The first kappa shape index (κ1) is 11.5. The fourth-order valence-corrected chi connectivity index (χ4v) is 1.37. The molecule has 0 aliphatic heterocycles. The summed E-state index contributed by atoms with van der Waals surface area (Å²) in [5.41, 5.74) is 1.29. The molecule has 78 valence electrons. The van der Waals surface area contributed by atoms with Gasteiger partial charge >= 0.3 is 0 Å². The number of pyridine rings is 1. The number of hydrogen-bond donors (Lipinski definition) is 1. The largest absolute Gasteiger partial charge is 0.364 e. The van der Waals surface area contributed by atoms with Crippen LogP contribution in [0.5, 0.6) is 0 Å². The highest BCUT2D eigenvalue weighted by Crippen LogP contribution is 2.26. The van der Waals surface area contributed by atoms with Gasteiger partial charge in [-0.05, 0) is 54.8 Å². The maximum Gasteiger partial charge on any atom is 0.140 e. The minimum absolute atomic E-state index is 0.0866. The van der Waals surface area contributed by atoms with Gasteiger partial charge in [-0.15, -0.1) is 0 Å². The molecule has 14 heavy (non-hydrogen) atoms. The van der Waals surface area contributed by atoms with E-state index in [4.69, 9.17) is 0 Å². The Kier molecular flexibility index (Phi) is 3.53. The lowest BCUT2D eigenvalue weighted by molar-refractivity contribution is 0.544. The van der Waals surface area contributed by atoms with Gasteiger partial charge < -0.3 is 5.32 Å². The molecule has 0 aliphatic rings. The van der Waals surface area contributed by atoms with E-state index in [1.165, 1.54) is 5.56 Å². The average molecular weight is 257 g/mol. The van der Waals surface area contributed by atoms with E-state index in [0.29, 0.717) is 0 Å². The summed E-state index contributed by atoms with van der Waals surface area (Å²) >= 11 is 3.54. The van der Waals surface area contributed by atoms with Crippen molar-refractivity contribution in [3.63, 3.8) is 0 Å². The minimum atomic E-state index is 0.0866. The maximum absolute atomic E-state index is 4.31. The molecular formula is C11H17BrN2. The predicted octanol–water partition coefficient (Wildman–Crippen LogP) is 3.75. The highest BCUT2D eigenvalue weighted by Gasteiger charge is 2.16. The Morgan fingerprint density at radius 3 is 2.71 bits per heavy atom. The van der Waals surface area contributed by atoms with Crippen LogP contribution in [0.25, 0.3) is 0 Å². The number of aryl methyl sites for hydroxylation is 1. The molecule has 0 atom stereocenters. The van der Waals surface area contributed by atoms with Crippen LogP contribution in [0.2, 0.25) is 0 Å². The van der Waals surface area contributed by atoms with Gasteiger partial charge in [0.25, 0.3) is 0 Å². The van der Waals surface area contributed by atoms with Crippen molar-refractivity contribution in [2.75, 3.05) is 5.32 Å². The van der Waals surface area contributed by atoms with Crippen molar-refractivity contribution in [2.24, 2.45) is 0 Å². The lowest BCUT2D eigenvalue weighted by atomic mass is 10.0. The monoisotopic (exact) mass is 256 g/mol. The fourth-order valence-electron chi connectivity index (χ4n) is 1.04. The quantitative estimate of drug-likeness (QED) is 0.891. The molecule has 0 saturated carbocycles. The molecular weight excluding hydrogens is 240 g/mol. The Balaban J connectivity index is 2.92. The molecule has 0 unspecified atom stereocenters. The Morgan fingerprint density at radius 2 is 2.14 bits per heavy atom. The third-order valence-corrected chi connectivity index (χ3v) is 3.42. The van der Waals surface area contributed by atoms with E-state index >= 15 is 0 Å². The van der Waals surface area contributed by atoms with Gasteiger partial charge in [-0.1, -0.05) is 6.92 Å². The maximum atomic E-state index is 4.31. The lowest BCUT2D eigenvalue weighted by Gasteiger charge is -2.26. The van der Waals surface area contributed by atoms with Crippen LogP contribution in [0.15, 0.2) is 16.7 Å². The molecule has 0 aromatic carbocycles. The van der Waals surface area contributed by atoms with Crippen LogP contribution in [0.3, 0.4) is 0 Å². The normalized spacial score (nSPS) is 11.5. The molecule has 0 radical (unpaired) electrons. The van der Waals surface area contributed by atoms with E-state index in [1.54, 1.807) is 0 Å². The molecule has 1 aromatic rings. The van der Waals surface area contributed by atoms with Gasteiger partial charge in [-0.25, -0.2) is 4.98 Å². The zero-order valence-corrected chi connectivity index (χ0v) is 10.8. The zero-order chi connectivity index (χ0) is 10.8. The van der Waals surface area contributed by atoms with Gasteiger partial charge in [-0.2, -0.15) is 0 Å². The number of nitrogens with one attached hydrogen (secondary N) is 1. The summed E-state index contributed by atoms with van der Waals surface area (Å²) in [7, 11) is 0. The second kappa shape index (κ2) is 4.30. The first-order valence-electron chi connectivity index (χ1n) is 4.85. The Labute approximate surface area is 94.3 Å². The first-order chi connectivity index (χ1) is 6.46. The summed E-state index contributed by atoms with van der Waals surface area (Å²) in [5, 5.41) is 3.42. The molecule has 0 bridgehead atoms. The van der Waals surface area contributed by atoms with Crippen molar-refractivity contribution in [1.29, 1.82) is 0 Å². The summed E-state index contributed by atoms with van der Waals surface area (Å²) in [4.78, 5) is 4.31. The van der Waals surface area contributed by atoms with Crippen molar-refractivity contribution < 1.29 is 0 Å². The zero-order valence-electron chi connectivity index (χ0n) is 9.19. The van der Waals surface area contributed by atoms with Crippen molar-refractivity contribution in [3.8, 4) is 0 Å². The topological polar surface area (TPSA) is 24.9 Å². The first-order valence-corrected chi connectivity index (χ1v) is 5.65. The van der Waals surface area contributed by atoms with Gasteiger partial charge in [0.05, 0.1) is 4.47 Å². The molecule has 3 heteroatoms. The van der Waals surface area contributed by atoms with Crippen LogP contribution in [-0.2, 0) is 0 Å². The standard InChI is InChI=1S/C11H17BrN2/c1-5-11(3,4)14-10-9(12)8(2)6-7-13-10/h6-7H,5H2,1-4H3,(H,13,14). The molecule has 1 N–H and O–H groups in total. The van der Waals surface area contributed by atoms with E-state index in [-0.39, 0.29) is 5.54 Å². The summed E-state index contributed by atoms with van der Waals surface area (Å²) < 4.78 is 1.06. The highest BCUT2D eigenvalue weighted by molar-refractivity contribution is 9.10. The van der Waals surface area contributed by atoms with Gasteiger partial charge in [-0.3, -0.25) is 0 Å². The van der Waals surface area contributed by atoms with Gasteiger partial charge in [0.15, 0.2) is 0 Å². The fraction of sp³-hybridized carbons (Fsp3) is 0.545. The second-order valence-corrected chi connectivity index (χ2v) is 4.95. The lowest BCUT2D eigenvalue weighted by Crippen LogP contribution is -2.30. The van der Waals surface area contributed by atoms with E-state index in [0.717, 1.165) is 16.7 Å². The third-order valence-electron chi connectivity index (χ3n) is 2.42. The number of anilines is 1. The van der Waals surface area contributed by atoms with Gasteiger partial charge in [0.1, 0.15) is 5.82 Å². The van der Waals surface area contributed by atoms with Gasteiger partial charge in [0, 0.05) is 11.7 Å². The summed E-state index contributed by atoms with van der Waals surface area (Å²) in [6.07, 6.45) is 2.89. The molecule has 2 nitrogen and oxygen atoms in total. The summed E-state index contributed by atoms with van der Waals surface area (Å²) in [5.74, 6) is 0.928.